The molecule has 5 aromatic rings. The lowest BCUT2D eigenvalue weighted by atomic mass is 9.83. The van der Waals surface area contributed by atoms with E-state index < -0.39 is 0 Å². The Morgan fingerprint density at radius 1 is 0.974 bits per heavy atom. The second-order valence-corrected chi connectivity index (χ2v) is 9.12. The van der Waals surface area contributed by atoms with Crippen LogP contribution in [0.4, 0.5) is 0 Å². The van der Waals surface area contributed by atoms with Gasteiger partial charge in [-0.15, -0.1) is 5.10 Å². The number of ether oxygens (including phenoxy) is 4. The van der Waals surface area contributed by atoms with Crippen molar-refractivity contribution >= 4 is 5.65 Å². The van der Waals surface area contributed by atoms with Crippen molar-refractivity contribution in [3.8, 4) is 34.6 Å². The molecule has 3 heterocycles. The fourth-order valence-electron chi connectivity index (χ4n) is 4.81. The van der Waals surface area contributed by atoms with Gasteiger partial charge in [-0.3, -0.25) is 0 Å². The number of phenolic OH excluding ortho intramolecular Hbond substituents is 1. The number of benzene rings is 3. The fourth-order valence-corrected chi connectivity index (χ4v) is 4.81. The predicted octanol–water partition coefficient (Wildman–Crippen LogP) is 5.33. The smallest absolute Gasteiger partial charge is 0.228 e. The number of phenols is 1. The number of aromatic nitrogens is 4. The third-order valence-corrected chi connectivity index (χ3v) is 6.89. The van der Waals surface area contributed by atoms with Gasteiger partial charge in [0.25, 0.3) is 0 Å². The maximum atomic E-state index is 10.1. The molecular formula is C29H26N4O5. The lowest BCUT2D eigenvalue weighted by molar-refractivity contribution is 0.294. The van der Waals surface area contributed by atoms with Gasteiger partial charge in [-0.25, -0.2) is 14.5 Å². The van der Waals surface area contributed by atoms with E-state index >= 15 is 0 Å². The Hall–Kier alpha value is -4.79. The van der Waals surface area contributed by atoms with Gasteiger partial charge >= 0.3 is 0 Å². The number of hydrogen-bond acceptors (Lipinski definition) is 8. The number of aryl methyl sites for hydroxylation is 1. The monoisotopic (exact) mass is 510 g/mol. The Labute approximate surface area is 219 Å². The summed E-state index contributed by atoms with van der Waals surface area (Å²) in [5, 5.41) is 14.8. The van der Waals surface area contributed by atoms with Gasteiger partial charge in [0, 0.05) is 17.5 Å². The summed E-state index contributed by atoms with van der Waals surface area (Å²) in [4.78, 5) is 9.38. The predicted molar refractivity (Wildman–Crippen MR) is 140 cm³/mol. The second-order valence-electron chi connectivity index (χ2n) is 9.12. The molecule has 1 atom stereocenters. The van der Waals surface area contributed by atoms with Gasteiger partial charge in [0.2, 0.25) is 5.88 Å². The van der Waals surface area contributed by atoms with E-state index in [1.807, 2.05) is 43.3 Å². The van der Waals surface area contributed by atoms with Crippen molar-refractivity contribution in [2.45, 2.75) is 26.4 Å². The summed E-state index contributed by atoms with van der Waals surface area (Å²) in [7, 11) is 3.21. The second kappa shape index (κ2) is 9.26. The summed E-state index contributed by atoms with van der Waals surface area (Å²) < 4.78 is 24.9. The minimum Gasteiger partial charge on any atom is -0.508 e. The van der Waals surface area contributed by atoms with Crippen LogP contribution < -0.4 is 18.9 Å². The average Bonchev–Trinajstić information content (AvgIpc) is 3.35. The van der Waals surface area contributed by atoms with Gasteiger partial charge in [-0.1, -0.05) is 24.3 Å². The molecular weight excluding hydrogens is 484 g/mol. The van der Waals surface area contributed by atoms with Crippen LogP contribution in [0.3, 0.4) is 0 Å². The highest BCUT2D eigenvalue weighted by atomic mass is 16.5. The Kier molecular flexibility index (Phi) is 5.75. The molecule has 0 radical (unpaired) electrons. The number of methoxy groups -OCH3 is 2. The maximum absolute atomic E-state index is 10.1. The molecule has 0 spiro atoms. The molecule has 0 fully saturated rings. The van der Waals surface area contributed by atoms with Crippen molar-refractivity contribution in [2.24, 2.45) is 0 Å². The summed E-state index contributed by atoms with van der Waals surface area (Å²) in [6.45, 7) is 4.28. The third-order valence-electron chi connectivity index (χ3n) is 6.89. The minimum absolute atomic E-state index is 0.104. The average molecular weight is 511 g/mol. The van der Waals surface area contributed by atoms with Crippen molar-refractivity contribution in [1.82, 2.24) is 19.6 Å². The van der Waals surface area contributed by atoms with Gasteiger partial charge < -0.3 is 24.1 Å². The summed E-state index contributed by atoms with van der Waals surface area (Å²) >= 11 is 0. The summed E-state index contributed by atoms with van der Waals surface area (Å²) in [6, 6.07) is 16.8. The fraction of sp³-hybridized carbons (Fsp3) is 0.207. The highest BCUT2D eigenvalue weighted by molar-refractivity contribution is 5.67. The van der Waals surface area contributed by atoms with Crippen LogP contribution in [0.15, 0.2) is 60.9 Å². The quantitative estimate of drug-likeness (QED) is 0.321. The van der Waals surface area contributed by atoms with Gasteiger partial charge in [0.1, 0.15) is 30.2 Å². The van der Waals surface area contributed by atoms with E-state index in [4.69, 9.17) is 23.9 Å². The van der Waals surface area contributed by atoms with Crippen molar-refractivity contribution in [2.75, 3.05) is 14.2 Å². The number of hydrogen-bond donors (Lipinski definition) is 1. The number of aromatic hydroxyl groups is 1. The van der Waals surface area contributed by atoms with Crippen molar-refractivity contribution in [3.63, 3.8) is 0 Å². The van der Waals surface area contributed by atoms with E-state index in [1.54, 1.807) is 37.2 Å². The molecule has 0 aliphatic carbocycles. The van der Waals surface area contributed by atoms with E-state index in [2.05, 4.69) is 23.1 Å². The lowest BCUT2D eigenvalue weighted by Gasteiger charge is -2.28. The summed E-state index contributed by atoms with van der Waals surface area (Å²) in [5.41, 5.74) is 5.37. The summed E-state index contributed by atoms with van der Waals surface area (Å²) in [6.07, 6.45) is 1.57. The van der Waals surface area contributed by atoms with Gasteiger partial charge in [-0.2, -0.15) is 0 Å². The van der Waals surface area contributed by atoms with E-state index in [1.165, 1.54) is 0 Å². The molecule has 192 valence electrons. The molecule has 3 aromatic carbocycles. The van der Waals surface area contributed by atoms with Crippen LogP contribution >= 0.6 is 0 Å². The SMILES string of the molecule is COc1ccc([C@H]2c3ccc(O)cc3Oc3ncn4nc(COc5cccc(C)c5C)nc4c32)cc1OC. The molecule has 1 N–H and O–H groups in total. The first-order valence-corrected chi connectivity index (χ1v) is 12.1. The van der Waals surface area contributed by atoms with Crippen molar-refractivity contribution in [3.05, 3.63) is 94.6 Å². The first-order valence-electron chi connectivity index (χ1n) is 12.1. The van der Waals surface area contributed by atoms with Gasteiger partial charge in [0.05, 0.1) is 19.8 Å². The first kappa shape index (κ1) is 23.6. The Morgan fingerprint density at radius 3 is 2.63 bits per heavy atom. The highest BCUT2D eigenvalue weighted by Crippen LogP contribution is 2.49. The van der Waals surface area contributed by atoms with Crippen LogP contribution in [0.5, 0.6) is 34.6 Å². The van der Waals surface area contributed by atoms with E-state index in [-0.39, 0.29) is 18.3 Å². The summed E-state index contributed by atoms with van der Waals surface area (Å²) in [5.74, 6) is 3.24. The zero-order valence-electron chi connectivity index (χ0n) is 21.4. The van der Waals surface area contributed by atoms with Crippen LogP contribution in [0.1, 0.15) is 39.6 Å². The molecule has 2 aromatic heterocycles. The number of nitrogens with zero attached hydrogens (tertiary/aromatic N) is 4. The Morgan fingerprint density at radius 2 is 1.82 bits per heavy atom. The van der Waals surface area contributed by atoms with E-state index in [0.717, 1.165) is 33.6 Å². The van der Waals surface area contributed by atoms with Crippen LogP contribution in [0.2, 0.25) is 0 Å². The molecule has 0 bridgehead atoms. The van der Waals surface area contributed by atoms with Crippen LogP contribution in [-0.4, -0.2) is 38.9 Å². The molecule has 0 saturated carbocycles. The zero-order chi connectivity index (χ0) is 26.4. The standard InChI is InChI=1S/C29H26N4O5/c1-16-6-5-7-21(17(16)2)37-14-25-31-28-27-26(18-8-11-22(35-3)24(12-18)36-4)20-10-9-19(34)13-23(20)38-29(27)30-15-33(28)32-25/h5-13,15,26,34H,14H2,1-4H3/t26-/m0/s1. The van der Waals surface area contributed by atoms with Gasteiger partial charge in [0.15, 0.2) is 23.0 Å². The normalized spacial score (nSPS) is 13.9. The van der Waals surface area contributed by atoms with Crippen LogP contribution in [-0.2, 0) is 6.61 Å². The Bertz CT molecular complexity index is 1680. The third kappa shape index (κ3) is 3.92. The number of fused-ring (bicyclic) bond motifs is 4. The van der Waals surface area contributed by atoms with Crippen molar-refractivity contribution in [1.29, 1.82) is 0 Å². The molecule has 1 aliphatic rings. The molecule has 9 heteroatoms. The van der Waals surface area contributed by atoms with Crippen LogP contribution in [0.25, 0.3) is 5.65 Å². The number of rotatable bonds is 6. The molecule has 9 nitrogen and oxygen atoms in total. The first-order chi connectivity index (χ1) is 18.5. The lowest BCUT2D eigenvalue weighted by Crippen LogP contribution is -2.15. The van der Waals surface area contributed by atoms with Crippen molar-refractivity contribution < 1.29 is 24.1 Å². The molecule has 1 aliphatic heterocycles. The molecule has 6 rings (SSSR count). The maximum Gasteiger partial charge on any atom is 0.228 e. The molecule has 0 unspecified atom stereocenters. The molecule has 0 amide bonds. The Balaban J connectivity index is 1.47. The topological polar surface area (TPSA) is 100 Å². The van der Waals surface area contributed by atoms with E-state index in [0.29, 0.717) is 34.6 Å². The largest absolute Gasteiger partial charge is 0.508 e. The molecule has 0 saturated heterocycles. The van der Waals surface area contributed by atoms with Crippen LogP contribution in [0, 0.1) is 13.8 Å². The minimum atomic E-state index is -0.317. The van der Waals surface area contributed by atoms with E-state index in [9.17, 15) is 5.11 Å². The molecule has 38 heavy (non-hydrogen) atoms. The van der Waals surface area contributed by atoms with Gasteiger partial charge in [-0.05, 0) is 54.8 Å². The highest BCUT2D eigenvalue weighted by Gasteiger charge is 2.34. The zero-order valence-corrected chi connectivity index (χ0v) is 21.4.